The largest absolute Gasteiger partial charge is 0.481 e. The van der Waals surface area contributed by atoms with Crippen molar-refractivity contribution in [3.63, 3.8) is 0 Å². The van der Waals surface area contributed by atoms with Crippen LogP contribution in [0.25, 0.3) is 0 Å². The molecule has 6 heteroatoms. The molecule has 0 aromatic heterocycles. The van der Waals surface area contributed by atoms with Crippen LogP contribution in [0.3, 0.4) is 0 Å². The van der Waals surface area contributed by atoms with Gasteiger partial charge in [0, 0.05) is 19.1 Å². The summed E-state index contributed by atoms with van der Waals surface area (Å²) in [5.74, 6) is -1.44. The molecule has 0 aromatic rings. The zero-order chi connectivity index (χ0) is 15.9. The lowest BCUT2D eigenvalue weighted by molar-refractivity contribution is -0.142. The van der Waals surface area contributed by atoms with Gasteiger partial charge in [-0.05, 0) is 32.9 Å². The molecule has 0 fully saturated rings. The number of rotatable bonds is 7. The van der Waals surface area contributed by atoms with Crippen molar-refractivity contribution < 1.29 is 14.7 Å². The zero-order valence-electron chi connectivity index (χ0n) is 13.5. The van der Waals surface area contributed by atoms with Gasteiger partial charge in [0.05, 0.1) is 5.92 Å². The Hall–Kier alpha value is -1.30. The van der Waals surface area contributed by atoms with Gasteiger partial charge in [-0.3, -0.25) is 4.79 Å². The van der Waals surface area contributed by atoms with Gasteiger partial charge in [0.1, 0.15) is 0 Å². The van der Waals surface area contributed by atoms with Crippen molar-refractivity contribution in [3.05, 3.63) is 0 Å². The Morgan fingerprint density at radius 1 is 1.25 bits per heavy atom. The molecule has 0 aliphatic carbocycles. The molecule has 3 N–H and O–H groups in total. The van der Waals surface area contributed by atoms with Crippen molar-refractivity contribution in [3.8, 4) is 0 Å². The van der Waals surface area contributed by atoms with Gasteiger partial charge in [0.15, 0.2) is 0 Å². The molecule has 2 amide bonds. The van der Waals surface area contributed by atoms with E-state index in [1.807, 2.05) is 46.7 Å². The molecule has 0 heterocycles. The summed E-state index contributed by atoms with van der Waals surface area (Å²) < 4.78 is 0. The predicted octanol–water partition coefficient (Wildman–Crippen LogP) is 1.37. The summed E-state index contributed by atoms with van der Waals surface area (Å²) in [6.07, 6.45) is 0.524. The van der Waals surface area contributed by atoms with Crippen LogP contribution in [0.2, 0.25) is 0 Å². The summed E-state index contributed by atoms with van der Waals surface area (Å²) in [5, 5.41) is 14.6. The summed E-state index contributed by atoms with van der Waals surface area (Å²) >= 11 is 0. The number of urea groups is 1. The van der Waals surface area contributed by atoms with E-state index < -0.39 is 11.9 Å². The third kappa shape index (κ3) is 9.61. The number of hydrogen-bond acceptors (Lipinski definition) is 3. The lowest BCUT2D eigenvalue weighted by atomic mass is 9.84. The molecule has 20 heavy (non-hydrogen) atoms. The quantitative estimate of drug-likeness (QED) is 0.660. The Bertz CT molecular complexity index is 324. The molecule has 0 bridgehead atoms. The van der Waals surface area contributed by atoms with Crippen LogP contribution < -0.4 is 10.6 Å². The van der Waals surface area contributed by atoms with Gasteiger partial charge >= 0.3 is 12.0 Å². The maximum absolute atomic E-state index is 11.7. The Morgan fingerprint density at radius 2 is 1.80 bits per heavy atom. The molecule has 0 saturated heterocycles. The number of carboxylic acids is 1. The summed E-state index contributed by atoms with van der Waals surface area (Å²) in [7, 11) is 3.86. The van der Waals surface area contributed by atoms with Crippen molar-refractivity contribution in [2.75, 3.05) is 27.2 Å². The lowest BCUT2D eigenvalue weighted by Crippen LogP contribution is -2.46. The minimum atomic E-state index is -0.874. The minimum Gasteiger partial charge on any atom is -0.481 e. The fourth-order valence-electron chi connectivity index (χ4n) is 2.07. The summed E-state index contributed by atoms with van der Waals surface area (Å²) in [6, 6.07) is -0.310. The van der Waals surface area contributed by atoms with E-state index in [9.17, 15) is 14.7 Å². The highest BCUT2D eigenvalue weighted by Gasteiger charge is 2.25. The second kappa shape index (κ2) is 8.09. The molecular formula is C14H29N3O3. The minimum absolute atomic E-state index is 0.0101. The summed E-state index contributed by atoms with van der Waals surface area (Å²) in [6.45, 7) is 8.75. The van der Waals surface area contributed by atoms with Crippen LogP contribution in [-0.2, 0) is 4.79 Å². The molecule has 0 rings (SSSR count). The Morgan fingerprint density at radius 3 is 2.20 bits per heavy atom. The maximum atomic E-state index is 11.7. The van der Waals surface area contributed by atoms with Crippen molar-refractivity contribution in [2.24, 2.45) is 11.3 Å². The fraction of sp³-hybridized carbons (Fsp3) is 0.857. The number of carbonyl (C=O) groups excluding carboxylic acids is 1. The molecule has 0 spiro atoms. The second-order valence-corrected chi connectivity index (χ2v) is 6.82. The molecular weight excluding hydrogens is 258 g/mol. The van der Waals surface area contributed by atoms with Crippen molar-refractivity contribution >= 4 is 12.0 Å². The monoisotopic (exact) mass is 287 g/mol. The molecule has 2 unspecified atom stereocenters. The van der Waals surface area contributed by atoms with Crippen LogP contribution in [-0.4, -0.2) is 55.2 Å². The Labute approximate surface area is 121 Å². The van der Waals surface area contributed by atoms with Crippen LogP contribution >= 0.6 is 0 Å². The standard InChI is InChI=1S/C14H29N3O3/c1-10(9-17(5)6)16-13(20)15-8-11(12(18)19)7-14(2,3)4/h10-11H,7-9H2,1-6H3,(H,18,19)(H2,15,16,20). The van der Waals surface area contributed by atoms with Crippen molar-refractivity contribution in [1.82, 2.24) is 15.5 Å². The first kappa shape index (κ1) is 18.7. The van der Waals surface area contributed by atoms with Crippen molar-refractivity contribution in [1.29, 1.82) is 0 Å². The van der Waals surface area contributed by atoms with Crippen LogP contribution in [0, 0.1) is 11.3 Å². The molecule has 2 atom stereocenters. The molecule has 0 radical (unpaired) electrons. The number of amides is 2. The van der Waals surface area contributed by atoms with E-state index in [0.717, 1.165) is 6.54 Å². The van der Waals surface area contributed by atoms with E-state index in [4.69, 9.17) is 0 Å². The van der Waals surface area contributed by atoms with Gasteiger partial charge in [-0.25, -0.2) is 4.79 Å². The molecule has 0 aliphatic heterocycles. The molecule has 0 aliphatic rings. The van der Waals surface area contributed by atoms with Crippen LogP contribution in [0.15, 0.2) is 0 Å². The van der Waals surface area contributed by atoms with Crippen molar-refractivity contribution in [2.45, 2.75) is 40.2 Å². The molecule has 118 valence electrons. The van der Waals surface area contributed by atoms with Gasteiger partial charge in [-0.1, -0.05) is 20.8 Å². The van der Waals surface area contributed by atoms with Crippen LogP contribution in [0.4, 0.5) is 4.79 Å². The number of aliphatic carboxylic acids is 1. The SMILES string of the molecule is CC(CN(C)C)NC(=O)NCC(CC(C)(C)C)C(=O)O. The van der Waals surface area contributed by atoms with E-state index >= 15 is 0 Å². The zero-order valence-corrected chi connectivity index (χ0v) is 13.5. The normalized spacial score (nSPS) is 14.8. The molecule has 0 aromatic carbocycles. The maximum Gasteiger partial charge on any atom is 0.315 e. The summed E-state index contributed by atoms with van der Waals surface area (Å²) in [5.41, 5.74) is -0.0839. The fourth-order valence-corrected chi connectivity index (χ4v) is 2.07. The van der Waals surface area contributed by atoms with E-state index in [1.54, 1.807) is 0 Å². The average Bonchev–Trinajstić information content (AvgIpc) is 2.20. The Kier molecular flexibility index (Phi) is 7.57. The van der Waals surface area contributed by atoms with E-state index in [2.05, 4.69) is 10.6 Å². The van der Waals surface area contributed by atoms with Gasteiger partial charge in [-0.15, -0.1) is 0 Å². The van der Waals surface area contributed by atoms with E-state index in [0.29, 0.717) is 6.42 Å². The van der Waals surface area contributed by atoms with Crippen LogP contribution in [0.1, 0.15) is 34.1 Å². The lowest BCUT2D eigenvalue weighted by Gasteiger charge is -2.24. The first-order valence-corrected chi connectivity index (χ1v) is 6.93. The van der Waals surface area contributed by atoms with Gasteiger partial charge < -0.3 is 20.6 Å². The van der Waals surface area contributed by atoms with Gasteiger partial charge in [-0.2, -0.15) is 0 Å². The number of hydrogen-bond donors (Lipinski definition) is 3. The first-order chi connectivity index (χ1) is 9.01. The highest BCUT2D eigenvalue weighted by atomic mass is 16.4. The van der Waals surface area contributed by atoms with E-state index in [1.165, 1.54) is 0 Å². The number of nitrogens with zero attached hydrogens (tertiary/aromatic N) is 1. The molecule has 6 nitrogen and oxygen atoms in total. The highest BCUT2D eigenvalue weighted by molar-refractivity contribution is 5.76. The third-order valence-electron chi connectivity index (χ3n) is 2.73. The number of carboxylic acid groups (broad SMARTS) is 1. The molecule has 0 saturated carbocycles. The topological polar surface area (TPSA) is 81.7 Å². The number of likely N-dealkylation sites (N-methyl/N-ethyl adjacent to an activating group) is 1. The first-order valence-electron chi connectivity index (χ1n) is 6.93. The van der Waals surface area contributed by atoms with Crippen LogP contribution in [0.5, 0.6) is 0 Å². The van der Waals surface area contributed by atoms with Gasteiger partial charge in [0.2, 0.25) is 0 Å². The third-order valence-corrected chi connectivity index (χ3v) is 2.73. The van der Waals surface area contributed by atoms with Gasteiger partial charge in [0.25, 0.3) is 0 Å². The van der Waals surface area contributed by atoms with E-state index in [-0.39, 0.29) is 24.0 Å². The highest BCUT2D eigenvalue weighted by Crippen LogP contribution is 2.24. The summed E-state index contributed by atoms with van der Waals surface area (Å²) in [4.78, 5) is 24.8. The predicted molar refractivity (Wildman–Crippen MR) is 79.7 cm³/mol. The smallest absolute Gasteiger partial charge is 0.315 e. The second-order valence-electron chi connectivity index (χ2n) is 6.82. The number of nitrogens with one attached hydrogen (secondary N) is 2. The number of carbonyl (C=O) groups is 2. The average molecular weight is 287 g/mol. The Balaban J connectivity index is 4.22.